The Morgan fingerprint density at radius 2 is 2.31 bits per heavy atom. The van der Waals surface area contributed by atoms with Crippen LogP contribution < -0.4 is 5.32 Å². The Bertz CT molecular complexity index is 508. The first-order valence-electron chi connectivity index (χ1n) is 4.78. The first-order valence-corrected chi connectivity index (χ1v) is 7.38. The highest BCUT2D eigenvalue weighted by Crippen LogP contribution is 2.13. The van der Waals surface area contributed by atoms with Crippen LogP contribution in [0.4, 0.5) is 0 Å². The predicted octanol–water partition coefficient (Wildman–Crippen LogP) is -0.237. The maximum atomic E-state index is 11.7. The van der Waals surface area contributed by atoms with Gasteiger partial charge in [-0.05, 0) is 24.9 Å². The molecule has 2 rings (SSSR count). The van der Waals surface area contributed by atoms with Gasteiger partial charge < -0.3 is 5.32 Å². The second kappa shape index (κ2) is 4.10. The Labute approximate surface area is 97.1 Å². The Hall–Kier alpha value is -1.02. The lowest BCUT2D eigenvalue weighted by Crippen LogP contribution is -2.36. The van der Waals surface area contributed by atoms with E-state index in [9.17, 15) is 13.2 Å². The van der Waals surface area contributed by atoms with Crippen molar-refractivity contribution < 1.29 is 13.2 Å². The number of nitrogens with zero attached hydrogens (tertiary/aromatic N) is 2. The summed E-state index contributed by atoms with van der Waals surface area (Å²) in [6.07, 6.45) is 0.477. The fraction of sp³-hybridized carbons (Fsp3) is 0.625. The van der Waals surface area contributed by atoms with Gasteiger partial charge in [0, 0.05) is 6.04 Å². The maximum absolute atomic E-state index is 11.7. The number of aromatic nitrogens is 2. The predicted molar refractivity (Wildman–Crippen MR) is 59.2 cm³/mol. The first kappa shape index (κ1) is 11.5. The molecule has 0 aromatic carbocycles. The monoisotopic (exact) mass is 261 g/mol. The summed E-state index contributed by atoms with van der Waals surface area (Å²) in [5, 5.41) is 6.36. The molecule has 0 spiro atoms. The summed E-state index contributed by atoms with van der Waals surface area (Å²) in [4.78, 5) is 12.4. The largest absolute Gasteiger partial charge is 0.347 e. The molecule has 88 valence electrons. The molecule has 0 saturated carbocycles. The smallest absolute Gasteiger partial charge is 0.273 e. The third-order valence-electron chi connectivity index (χ3n) is 2.43. The van der Waals surface area contributed by atoms with Crippen molar-refractivity contribution in [2.75, 3.05) is 11.5 Å². The molecule has 8 heteroatoms. The summed E-state index contributed by atoms with van der Waals surface area (Å²) in [5.41, 5.74) is 0.286. The van der Waals surface area contributed by atoms with Crippen LogP contribution in [0.25, 0.3) is 0 Å². The Morgan fingerprint density at radius 1 is 1.56 bits per heavy atom. The molecule has 1 aliphatic heterocycles. The molecule has 1 fully saturated rings. The first-order chi connectivity index (χ1) is 7.48. The molecule has 1 aliphatic rings. The summed E-state index contributed by atoms with van der Waals surface area (Å²) < 4.78 is 26.1. The number of nitrogens with one attached hydrogen (secondary N) is 1. The number of aryl methyl sites for hydroxylation is 1. The minimum atomic E-state index is -2.97. The third-order valence-corrected chi connectivity index (χ3v) is 4.83. The highest BCUT2D eigenvalue weighted by atomic mass is 32.2. The highest BCUT2D eigenvalue weighted by Gasteiger charge is 2.29. The molecule has 1 aromatic rings. The molecular formula is C8H11N3O3S2. The maximum Gasteiger partial charge on any atom is 0.273 e. The van der Waals surface area contributed by atoms with Gasteiger partial charge in [-0.2, -0.15) is 0 Å². The van der Waals surface area contributed by atoms with Crippen molar-refractivity contribution in [2.45, 2.75) is 19.4 Å². The molecule has 16 heavy (non-hydrogen) atoms. The Morgan fingerprint density at radius 3 is 2.81 bits per heavy atom. The standard InChI is InChI=1S/C8H11N3O3S2/c1-5-7(10-11-15-5)8(12)9-6-2-3-16(13,14)4-6/h6H,2-4H2,1H3,(H,9,12). The van der Waals surface area contributed by atoms with Crippen molar-refractivity contribution in [3.8, 4) is 0 Å². The molecule has 0 radical (unpaired) electrons. The van der Waals surface area contributed by atoms with E-state index in [1.165, 1.54) is 0 Å². The summed E-state index contributed by atoms with van der Waals surface area (Å²) in [6.45, 7) is 1.75. The van der Waals surface area contributed by atoms with E-state index in [1.807, 2.05) is 0 Å². The summed E-state index contributed by atoms with van der Waals surface area (Å²) in [5.74, 6) is -0.171. The van der Waals surface area contributed by atoms with Crippen molar-refractivity contribution >= 4 is 27.3 Å². The van der Waals surface area contributed by atoms with E-state index in [-0.39, 0.29) is 29.1 Å². The fourth-order valence-electron chi connectivity index (χ4n) is 1.60. The van der Waals surface area contributed by atoms with Crippen molar-refractivity contribution in [2.24, 2.45) is 0 Å². The average Bonchev–Trinajstić information content (AvgIpc) is 2.72. The van der Waals surface area contributed by atoms with Gasteiger partial charge >= 0.3 is 0 Å². The van der Waals surface area contributed by atoms with Crippen LogP contribution in [-0.4, -0.2) is 41.5 Å². The minimum Gasteiger partial charge on any atom is -0.347 e. The molecule has 1 N–H and O–H groups in total. The van der Waals surface area contributed by atoms with Crippen LogP contribution in [0.1, 0.15) is 21.8 Å². The Kier molecular flexibility index (Phi) is 2.94. The highest BCUT2D eigenvalue weighted by molar-refractivity contribution is 7.91. The van der Waals surface area contributed by atoms with Gasteiger partial charge in [-0.1, -0.05) is 4.49 Å². The topological polar surface area (TPSA) is 89.0 Å². The fourth-order valence-corrected chi connectivity index (χ4v) is 3.74. The average molecular weight is 261 g/mol. The van der Waals surface area contributed by atoms with Crippen molar-refractivity contribution in [3.05, 3.63) is 10.6 Å². The van der Waals surface area contributed by atoms with E-state index in [0.717, 1.165) is 16.4 Å². The molecule has 1 amide bonds. The number of carbonyl (C=O) groups is 1. The van der Waals surface area contributed by atoms with E-state index in [2.05, 4.69) is 14.9 Å². The second-order valence-corrected chi connectivity index (χ2v) is 6.94. The van der Waals surface area contributed by atoms with Gasteiger partial charge in [0.2, 0.25) is 0 Å². The van der Waals surface area contributed by atoms with Crippen LogP contribution in [0, 0.1) is 6.92 Å². The lowest BCUT2D eigenvalue weighted by molar-refractivity contribution is 0.0935. The zero-order chi connectivity index (χ0) is 11.8. The number of sulfone groups is 1. The van der Waals surface area contributed by atoms with Crippen LogP contribution in [0.3, 0.4) is 0 Å². The van der Waals surface area contributed by atoms with E-state index in [0.29, 0.717) is 6.42 Å². The molecule has 1 aromatic heterocycles. The third kappa shape index (κ3) is 2.38. The zero-order valence-electron chi connectivity index (χ0n) is 8.63. The number of rotatable bonds is 2. The van der Waals surface area contributed by atoms with Gasteiger partial charge in [0.25, 0.3) is 5.91 Å². The van der Waals surface area contributed by atoms with Gasteiger partial charge in [-0.25, -0.2) is 8.42 Å². The van der Waals surface area contributed by atoms with E-state index in [1.54, 1.807) is 6.92 Å². The van der Waals surface area contributed by atoms with Gasteiger partial charge in [0.05, 0.1) is 16.4 Å². The van der Waals surface area contributed by atoms with Crippen molar-refractivity contribution in [1.82, 2.24) is 14.9 Å². The van der Waals surface area contributed by atoms with E-state index in [4.69, 9.17) is 0 Å². The van der Waals surface area contributed by atoms with E-state index >= 15 is 0 Å². The lowest BCUT2D eigenvalue weighted by atomic mass is 10.2. The summed E-state index contributed by atoms with van der Waals surface area (Å²) in [6, 6.07) is -0.293. The van der Waals surface area contributed by atoms with Crippen molar-refractivity contribution in [1.29, 1.82) is 0 Å². The quantitative estimate of drug-likeness (QED) is 0.794. The van der Waals surface area contributed by atoms with Crippen LogP contribution in [-0.2, 0) is 9.84 Å². The lowest BCUT2D eigenvalue weighted by Gasteiger charge is -2.08. The van der Waals surface area contributed by atoms with Gasteiger partial charge in [-0.3, -0.25) is 4.79 Å². The molecule has 0 aliphatic carbocycles. The Balaban J connectivity index is 2.02. The van der Waals surface area contributed by atoms with Crippen LogP contribution in [0.2, 0.25) is 0 Å². The summed E-state index contributed by atoms with van der Waals surface area (Å²) in [7, 11) is -2.97. The molecular weight excluding hydrogens is 250 g/mol. The van der Waals surface area contributed by atoms with Crippen LogP contribution in [0.15, 0.2) is 0 Å². The molecule has 1 atom stereocenters. The SMILES string of the molecule is Cc1snnc1C(=O)NC1CCS(=O)(=O)C1. The van der Waals surface area contributed by atoms with Gasteiger partial charge in [0.1, 0.15) is 0 Å². The molecule has 1 unspecified atom stereocenters. The van der Waals surface area contributed by atoms with Crippen LogP contribution >= 0.6 is 11.5 Å². The number of amides is 1. The van der Waals surface area contributed by atoms with Crippen molar-refractivity contribution in [3.63, 3.8) is 0 Å². The second-order valence-electron chi connectivity index (χ2n) is 3.75. The number of hydrogen-bond acceptors (Lipinski definition) is 6. The number of carbonyl (C=O) groups excluding carboxylic acids is 1. The van der Waals surface area contributed by atoms with Crippen LogP contribution in [0.5, 0.6) is 0 Å². The molecule has 0 bridgehead atoms. The molecule has 1 saturated heterocycles. The molecule has 2 heterocycles. The zero-order valence-corrected chi connectivity index (χ0v) is 10.3. The molecule has 6 nitrogen and oxygen atoms in total. The van der Waals surface area contributed by atoms with Gasteiger partial charge in [0.15, 0.2) is 15.5 Å². The van der Waals surface area contributed by atoms with Gasteiger partial charge in [-0.15, -0.1) is 5.10 Å². The van der Waals surface area contributed by atoms with E-state index < -0.39 is 9.84 Å². The minimum absolute atomic E-state index is 0.0232. The normalized spacial score (nSPS) is 23.2. The summed E-state index contributed by atoms with van der Waals surface area (Å²) >= 11 is 1.15. The number of hydrogen-bond donors (Lipinski definition) is 1.